The summed E-state index contributed by atoms with van der Waals surface area (Å²) in [6.45, 7) is 6.74. The van der Waals surface area contributed by atoms with Crippen LogP contribution in [0.3, 0.4) is 0 Å². The molecule has 1 rings (SSSR count). The number of hydrogen-bond acceptors (Lipinski definition) is 3. The second-order valence-corrected chi connectivity index (χ2v) is 3.96. The molecule has 0 aliphatic carbocycles. The minimum atomic E-state index is -0.710. The van der Waals surface area contributed by atoms with Crippen LogP contribution in [0.15, 0.2) is 0 Å². The van der Waals surface area contributed by atoms with E-state index in [1.54, 1.807) is 0 Å². The van der Waals surface area contributed by atoms with E-state index in [1.807, 2.05) is 0 Å². The molecule has 1 heterocycles. The topological polar surface area (TPSA) is 49.8 Å². The predicted molar refractivity (Wildman–Crippen MR) is 53.3 cm³/mol. The number of carbonyl (C=O) groups is 1. The third-order valence-corrected chi connectivity index (χ3v) is 2.67. The molecular weight excluding hydrogens is 182 g/mol. The Morgan fingerprint density at radius 3 is 3.00 bits per heavy atom. The number of morpholine rings is 1. The van der Waals surface area contributed by atoms with E-state index >= 15 is 0 Å². The minimum absolute atomic E-state index is 0.257. The average molecular weight is 201 g/mol. The summed E-state index contributed by atoms with van der Waals surface area (Å²) >= 11 is 0. The molecule has 0 spiro atoms. The highest BCUT2D eigenvalue weighted by Gasteiger charge is 2.21. The summed E-state index contributed by atoms with van der Waals surface area (Å²) in [5.74, 6) is -0.710. The van der Waals surface area contributed by atoms with Gasteiger partial charge in [0.25, 0.3) is 0 Å². The molecule has 2 atom stereocenters. The molecule has 0 amide bonds. The summed E-state index contributed by atoms with van der Waals surface area (Å²) in [4.78, 5) is 12.7. The van der Waals surface area contributed by atoms with Crippen LogP contribution in [0.2, 0.25) is 0 Å². The van der Waals surface area contributed by atoms with Crippen molar-refractivity contribution < 1.29 is 14.6 Å². The maximum absolute atomic E-state index is 10.4. The second-order valence-electron chi connectivity index (χ2n) is 3.96. The summed E-state index contributed by atoms with van der Waals surface area (Å²) in [6.07, 6.45) is 1.26. The van der Waals surface area contributed by atoms with Gasteiger partial charge in [0.2, 0.25) is 0 Å². The van der Waals surface area contributed by atoms with Crippen LogP contribution in [0.5, 0.6) is 0 Å². The van der Waals surface area contributed by atoms with Crippen LogP contribution in [0.25, 0.3) is 0 Å². The molecule has 1 aliphatic rings. The van der Waals surface area contributed by atoms with Gasteiger partial charge in [-0.05, 0) is 20.3 Å². The molecule has 0 aromatic rings. The standard InChI is InChI=1S/C10H19NO3/c1-8(3-4-10(12)13)11-5-6-14-9(2)7-11/h8-9H,3-7H2,1-2H3,(H,12,13). The molecular formula is C10H19NO3. The highest BCUT2D eigenvalue weighted by Crippen LogP contribution is 2.12. The normalized spacial score (nSPS) is 26.0. The van der Waals surface area contributed by atoms with Crippen LogP contribution in [-0.4, -0.2) is 47.8 Å². The lowest BCUT2D eigenvalue weighted by molar-refractivity contribution is -0.137. The van der Waals surface area contributed by atoms with Crippen LogP contribution < -0.4 is 0 Å². The fourth-order valence-electron chi connectivity index (χ4n) is 1.76. The number of hydrogen-bond donors (Lipinski definition) is 1. The van der Waals surface area contributed by atoms with Crippen molar-refractivity contribution in [3.8, 4) is 0 Å². The van der Waals surface area contributed by atoms with Gasteiger partial charge < -0.3 is 9.84 Å². The Hall–Kier alpha value is -0.610. The van der Waals surface area contributed by atoms with Gasteiger partial charge in [0.05, 0.1) is 12.7 Å². The smallest absolute Gasteiger partial charge is 0.303 e. The molecule has 1 saturated heterocycles. The Morgan fingerprint density at radius 2 is 2.43 bits per heavy atom. The van der Waals surface area contributed by atoms with Crippen molar-refractivity contribution in [2.75, 3.05) is 19.7 Å². The zero-order valence-electron chi connectivity index (χ0n) is 8.90. The van der Waals surface area contributed by atoms with Gasteiger partial charge in [-0.3, -0.25) is 9.69 Å². The highest BCUT2D eigenvalue weighted by molar-refractivity contribution is 5.66. The first-order chi connectivity index (χ1) is 6.59. The van der Waals surface area contributed by atoms with E-state index in [0.717, 1.165) is 26.1 Å². The van der Waals surface area contributed by atoms with Gasteiger partial charge in [0.1, 0.15) is 0 Å². The second kappa shape index (κ2) is 5.32. The van der Waals surface area contributed by atoms with Gasteiger partial charge in [-0.15, -0.1) is 0 Å². The van der Waals surface area contributed by atoms with E-state index in [9.17, 15) is 4.79 Å². The fraction of sp³-hybridized carbons (Fsp3) is 0.900. The molecule has 1 fully saturated rings. The first kappa shape index (κ1) is 11.5. The number of carboxylic acid groups (broad SMARTS) is 1. The van der Waals surface area contributed by atoms with E-state index < -0.39 is 5.97 Å². The minimum Gasteiger partial charge on any atom is -0.481 e. The summed E-state index contributed by atoms with van der Waals surface area (Å²) in [7, 11) is 0. The summed E-state index contributed by atoms with van der Waals surface area (Å²) in [5, 5.41) is 8.57. The maximum Gasteiger partial charge on any atom is 0.303 e. The van der Waals surface area contributed by atoms with E-state index in [4.69, 9.17) is 9.84 Å². The molecule has 0 saturated carbocycles. The van der Waals surface area contributed by atoms with Gasteiger partial charge in [0.15, 0.2) is 0 Å². The molecule has 4 nitrogen and oxygen atoms in total. The zero-order chi connectivity index (χ0) is 10.6. The molecule has 0 aromatic carbocycles. The van der Waals surface area contributed by atoms with Crippen LogP contribution in [0.4, 0.5) is 0 Å². The molecule has 4 heteroatoms. The lowest BCUT2D eigenvalue weighted by Gasteiger charge is -2.35. The van der Waals surface area contributed by atoms with E-state index in [-0.39, 0.29) is 12.5 Å². The van der Waals surface area contributed by atoms with Gasteiger partial charge in [-0.2, -0.15) is 0 Å². The van der Waals surface area contributed by atoms with Gasteiger partial charge in [-0.25, -0.2) is 0 Å². The first-order valence-electron chi connectivity index (χ1n) is 5.17. The number of ether oxygens (including phenoxy) is 1. The van der Waals surface area contributed by atoms with Crippen molar-refractivity contribution in [3.05, 3.63) is 0 Å². The molecule has 14 heavy (non-hydrogen) atoms. The Labute approximate surface area is 84.8 Å². The van der Waals surface area contributed by atoms with Crippen molar-refractivity contribution in [3.63, 3.8) is 0 Å². The predicted octanol–water partition coefficient (Wildman–Crippen LogP) is 0.960. The first-order valence-corrected chi connectivity index (χ1v) is 5.17. The number of aliphatic carboxylic acids is 1. The number of nitrogens with zero attached hydrogens (tertiary/aromatic N) is 1. The summed E-state index contributed by atoms with van der Waals surface area (Å²) in [6, 6.07) is 0.345. The Bertz CT molecular complexity index is 196. The zero-order valence-corrected chi connectivity index (χ0v) is 8.90. The largest absolute Gasteiger partial charge is 0.481 e. The van der Waals surface area contributed by atoms with E-state index in [2.05, 4.69) is 18.7 Å². The average Bonchev–Trinajstić information content (AvgIpc) is 2.14. The highest BCUT2D eigenvalue weighted by atomic mass is 16.5. The monoisotopic (exact) mass is 201 g/mol. The SMILES string of the molecule is CC1CN(C(C)CCC(=O)O)CCO1. The lowest BCUT2D eigenvalue weighted by atomic mass is 10.1. The van der Waals surface area contributed by atoms with Crippen molar-refractivity contribution in [2.45, 2.75) is 38.8 Å². The Morgan fingerprint density at radius 1 is 1.71 bits per heavy atom. The van der Waals surface area contributed by atoms with Crippen molar-refractivity contribution in [1.82, 2.24) is 4.90 Å². The van der Waals surface area contributed by atoms with Crippen molar-refractivity contribution >= 4 is 5.97 Å². The molecule has 0 aromatic heterocycles. The molecule has 1 aliphatic heterocycles. The number of rotatable bonds is 4. The van der Waals surface area contributed by atoms with Crippen LogP contribution in [0, 0.1) is 0 Å². The van der Waals surface area contributed by atoms with Gasteiger partial charge in [0, 0.05) is 25.6 Å². The van der Waals surface area contributed by atoms with Crippen LogP contribution in [0.1, 0.15) is 26.7 Å². The van der Waals surface area contributed by atoms with Crippen molar-refractivity contribution in [1.29, 1.82) is 0 Å². The molecule has 1 N–H and O–H groups in total. The molecule has 82 valence electrons. The fourth-order valence-corrected chi connectivity index (χ4v) is 1.76. The van der Waals surface area contributed by atoms with Gasteiger partial charge >= 0.3 is 5.97 Å². The summed E-state index contributed by atoms with van der Waals surface area (Å²) in [5.41, 5.74) is 0. The third kappa shape index (κ3) is 3.64. The van der Waals surface area contributed by atoms with Crippen LogP contribution in [-0.2, 0) is 9.53 Å². The maximum atomic E-state index is 10.4. The quantitative estimate of drug-likeness (QED) is 0.736. The number of carboxylic acids is 1. The van der Waals surface area contributed by atoms with E-state index in [0.29, 0.717) is 6.04 Å². The molecule has 0 radical (unpaired) electrons. The van der Waals surface area contributed by atoms with E-state index in [1.165, 1.54) is 0 Å². The third-order valence-electron chi connectivity index (χ3n) is 2.67. The Kier molecular flexibility index (Phi) is 4.35. The Balaban J connectivity index is 2.28. The van der Waals surface area contributed by atoms with Gasteiger partial charge in [-0.1, -0.05) is 0 Å². The van der Waals surface area contributed by atoms with Crippen LogP contribution >= 0.6 is 0 Å². The molecule has 2 unspecified atom stereocenters. The molecule has 0 bridgehead atoms. The summed E-state index contributed by atoms with van der Waals surface area (Å²) < 4.78 is 5.43. The lowest BCUT2D eigenvalue weighted by Crippen LogP contribution is -2.45. The van der Waals surface area contributed by atoms with Crippen molar-refractivity contribution in [2.24, 2.45) is 0 Å².